The molecule has 0 aromatic heterocycles. The Morgan fingerprint density at radius 2 is 1.58 bits per heavy atom. The van der Waals surface area contributed by atoms with Crippen molar-refractivity contribution in [2.75, 3.05) is 26.1 Å². The van der Waals surface area contributed by atoms with Gasteiger partial charge in [-0.1, -0.05) is 0 Å². The molecule has 0 saturated heterocycles. The summed E-state index contributed by atoms with van der Waals surface area (Å²) in [6, 6.07) is 11.1. The van der Waals surface area contributed by atoms with E-state index < -0.39 is 11.9 Å². The average molecular weight is 427 g/mol. The highest BCUT2D eigenvalue weighted by molar-refractivity contribution is 6.06. The molecule has 0 saturated carbocycles. The summed E-state index contributed by atoms with van der Waals surface area (Å²) >= 11 is 0. The summed E-state index contributed by atoms with van der Waals surface area (Å²) in [6.45, 7) is 3.64. The number of hydrazone groups is 1. The van der Waals surface area contributed by atoms with Crippen molar-refractivity contribution in [3.05, 3.63) is 53.6 Å². The van der Waals surface area contributed by atoms with Crippen molar-refractivity contribution in [2.24, 2.45) is 5.10 Å². The summed E-state index contributed by atoms with van der Waals surface area (Å²) in [7, 11) is 2.98. The normalized spacial score (nSPS) is 10.8. The number of methoxy groups -OCH3 is 2. The van der Waals surface area contributed by atoms with E-state index in [4.69, 9.17) is 14.2 Å². The van der Waals surface area contributed by atoms with Gasteiger partial charge in [-0.3, -0.25) is 9.59 Å². The Kier molecular flexibility index (Phi) is 8.56. The molecule has 0 aliphatic rings. The van der Waals surface area contributed by atoms with E-state index in [1.165, 1.54) is 20.3 Å². The van der Waals surface area contributed by atoms with Crippen LogP contribution in [-0.4, -0.2) is 44.3 Å². The minimum absolute atomic E-state index is 0.0220. The summed E-state index contributed by atoms with van der Waals surface area (Å²) in [5.41, 5.74) is 4.08. The Morgan fingerprint density at radius 1 is 0.935 bits per heavy atom. The second kappa shape index (κ2) is 11.3. The lowest BCUT2D eigenvalue weighted by molar-refractivity contribution is -0.115. The predicted molar refractivity (Wildman–Crippen MR) is 116 cm³/mol. The fourth-order valence-corrected chi connectivity index (χ4v) is 2.57. The van der Waals surface area contributed by atoms with Crippen LogP contribution in [0.4, 0.5) is 5.69 Å². The number of benzene rings is 2. The molecule has 0 spiro atoms. The van der Waals surface area contributed by atoms with Gasteiger partial charge in [-0.25, -0.2) is 10.2 Å². The van der Waals surface area contributed by atoms with E-state index in [0.717, 1.165) is 0 Å². The smallest absolute Gasteiger partial charge is 0.338 e. The molecule has 2 N–H and O–H groups in total. The van der Waals surface area contributed by atoms with Gasteiger partial charge in [0.25, 0.3) is 5.91 Å². The number of rotatable bonds is 9. The number of anilines is 1. The SMILES string of the molecule is CCOC(=O)c1ccc(NC(=O)CC(C)=NNC(=O)c2ccc(OC)c(OC)c2)cc1. The van der Waals surface area contributed by atoms with Crippen LogP contribution in [0.5, 0.6) is 11.5 Å². The van der Waals surface area contributed by atoms with Gasteiger partial charge in [0, 0.05) is 17.0 Å². The molecule has 0 unspecified atom stereocenters. The number of carbonyl (C=O) groups excluding carboxylic acids is 3. The van der Waals surface area contributed by atoms with Crippen LogP contribution in [0.25, 0.3) is 0 Å². The number of hydrogen-bond acceptors (Lipinski definition) is 7. The maximum atomic E-state index is 12.3. The first kappa shape index (κ1) is 23.4. The van der Waals surface area contributed by atoms with E-state index in [1.807, 2.05) is 0 Å². The molecule has 2 aromatic rings. The third kappa shape index (κ3) is 6.84. The standard InChI is InChI=1S/C22H25N3O6/c1-5-31-22(28)15-6-9-17(10-7-15)23-20(26)12-14(2)24-25-21(27)16-8-11-18(29-3)19(13-16)30-4/h6-11,13H,5,12H2,1-4H3,(H,23,26)(H,25,27). The van der Waals surface area contributed by atoms with Gasteiger partial charge in [-0.05, 0) is 56.3 Å². The van der Waals surface area contributed by atoms with E-state index in [0.29, 0.717) is 40.6 Å². The fourth-order valence-electron chi connectivity index (χ4n) is 2.57. The van der Waals surface area contributed by atoms with Crippen LogP contribution in [0.1, 0.15) is 41.0 Å². The van der Waals surface area contributed by atoms with E-state index in [-0.39, 0.29) is 12.3 Å². The van der Waals surface area contributed by atoms with Gasteiger partial charge in [0.15, 0.2) is 11.5 Å². The maximum Gasteiger partial charge on any atom is 0.338 e. The maximum absolute atomic E-state index is 12.3. The average Bonchev–Trinajstić information content (AvgIpc) is 2.77. The van der Waals surface area contributed by atoms with Crippen molar-refractivity contribution in [1.29, 1.82) is 0 Å². The Morgan fingerprint density at radius 3 is 2.19 bits per heavy atom. The topological polar surface area (TPSA) is 115 Å². The highest BCUT2D eigenvalue weighted by atomic mass is 16.5. The minimum atomic E-state index is -0.449. The Bertz CT molecular complexity index is 970. The molecule has 2 aromatic carbocycles. The molecule has 0 bridgehead atoms. The zero-order valence-electron chi connectivity index (χ0n) is 17.9. The highest BCUT2D eigenvalue weighted by Crippen LogP contribution is 2.27. The molecule has 9 heteroatoms. The van der Waals surface area contributed by atoms with E-state index in [9.17, 15) is 14.4 Å². The van der Waals surface area contributed by atoms with Crippen LogP contribution in [-0.2, 0) is 9.53 Å². The number of ether oxygens (including phenoxy) is 3. The molecule has 0 aliphatic carbocycles. The predicted octanol–water partition coefficient (Wildman–Crippen LogP) is 3.02. The van der Waals surface area contributed by atoms with Gasteiger partial charge < -0.3 is 19.5 Å². The Labute approximate surface area is 180 Å². The van der Waals surface area contributed by atoms with Crippen LogP contribution >= 0.6 is 0 Å². The molecular weight excluding hydrogens is 402 g/mol. The van der Waals surface area contributed by atoms with Gasteiger partial charge in [0.2, 0.25) is 5.91 Å². The summed E-state index contributed by atoms with van der Waals surface area (Å²) in [4.78, 5) is 36.1. The summed E-state index contributed by atoms with van der Waals surface area (Å²) in [5, 5.41) is 6.66. The fraction of sp³-hybridized carbons (Fsp3) is 0.273. The largest absolute Gasteiger partial charge is 0.493 e. The molecule has 2 rings (SSSR count). The second-order valence-electron chi connectivity index (χ2n) is 6.38. The first-order valence-corrected chi connectivity index (χ1v) is 9.50. The highest BCUT2D eigenvalue weighted by Gasteiger charge is 2.11. The van der Waals surface area contributed by atoms with Gasteiger partial charge >= 0.3 is 5.97 Å². The molecule has 9 nitrogen and oxygen atoms in total. The summed E-state index contributed by atoms with van der Waals surface area (Å²) < 4.78 is 15.2. The van der Waals surface area contributed by atoms with E-state index in [1.54, 1.807) is 50.2 Å². The Hall–Kier alpha value is -3.88. The monoisotopic (exact) mass is 427 g/mol. The second-order valence-corrected chi connectivity index (χ2v) is 6.38. The van der Waals surface area contributed by atoms with Crippen LogP contribution in [0.15, 0.2) is 47.6 Å². The van der Waals surface area contributed by atoms with E-state index >= 15 is 0 Å². The van der Waals surface area contributed by atoms with Crippen LogP contribution in [0.2, 0.25) is 0 Å². The van der Waals surface area contributed by atoms with Crippen LogP contribution < -0.4 is 20.2 Å². The lowest BCUT2D eigenvalue weighted by atomic mass is 10.2. The summed E-state index contributed by atoms with van der Waals surface area (Å²) in [5.74, 6) is -0.260. The third-order valence-corrected chi connectivity index (χ3v) is 4.09. The summed E-state index contributed by atoms with van der Waals surface area (Å²) in [6.07, 6.45) is -0.0220. The molecular formula is C22H25N3O6. The number of amides is 2. The van der Waals surface area contributed by atoms with Crippen molar-refractivity contribution in [3.8, 4) is 11.5 Å². The van der Waals surface area contributed by atoms with Crippen molar-refractivity contribution < 1.29 is 28.6 Å². The van der Waals surface area contributed by atoms with Gasteiger partial charge in [-0.15, -0.1) is 0 Å². The number of nitrogens with zero attached hydrogens (tertiary/aromatic N) is 1. The van der Waals surface area contributed by atoms with Crippen LogP contribution in [0.3, 0.4) is 0 Å². The first-order chi connectivity index (χ1) is 14.9. The number of nitrogens with one attached hydrogen (secondary N) is 2. The lowest BCUT2D eigenvalue weighted by Gasteiger charge is -2.09. The quantitative estimate of drug-likeness (QED) is 0.361. The number of esters is 1. The molecule has 0 atom stereocenters. The molecule has 31 heavy (non-hydrogen) atoms. The molecule has 164 valence electrons. The minimum Gasteiger partial charge on any atom is -0.493 e. The van der Waals surface area contributed by atoms with Crippen molar-refractivity contribution in [2.45, 2.75) is 20.3 Å². The zero-order chi connectivity index (χ0) is 22.8. The number of carbonyl (C=O) groups is 3. The van der Waals surface area contributed by atoms with Crippen molar-refractivity contribution in [3.63, 3.8) is 0 Å². The third-order valence-electron chi connectivity index (χ3n) is 4.09. The molecule has 0 fully saturated rings. The number of hydrogen-bond donors (Lipinski definition) is 2. The Balaban J connectivity index is 1.91. The van der Waals surface area contributed by atoms with E-state index in [2.05, 4.69) is 15.8 Å². The van der Waals surface area contributed by atoms with Gasteiger partial charge in [0.1, 0.15) is 0 Å². The lowest BCUT2D eigenvalue weighted by Crippen LogP contribution is -2.21. The molecule has 2 amide bonds. The van der Waals surface area contributed by atoms with Crippen molar-refractivity contribution in [1.82, 2.24) is 5.43 Å². The zero-order valence-corrected chi connectivity index (χ0v) is 17.9. The molecule has 0 heterocycles. The van der Waals surface area contributed by atoms with Crippen molar-refractivity contribution >= 4 is 29.2 Å². The van der Waals surface area contributed by atoms with Crippen LogP contribution in [0, 0.1) is 0 Å². The van der Waals surface area contributed by atoms with Gasteiger partial charge in [-0.2, -0.15) is 5.10 Å². The first-order valence-electron chi connectivity index (χ1n) is 9.50. The van der Waals surface area contributed by atoms with Gasteiger partial charge in [0.05, 0.1) is 32.8 Å². The molecule has 0 radical (unpaired) electrons. The molecule has 0 aliphatic heterocycles.